The summed E-state index contributed by atoms with van der Waals surface area (Å²) in [5.74, 6) is 0. The molecule has 0 fully saturated rings. The van der Waals surface area contributed by atoms with Gasteiger partial charge in [-0.25, -0.2) is 0 Å². The minimum absolute atomic E-state index is 0.0705. The van der Waals surface area contributed by atoms with E-state index in [1.54, 1.807) is 10.8 Å². The summed E-state index contributed by atoms with van der Waals surface area (Å²) in [5, 5.41) is 8.87. The quantitative estimate of drug-likeness (QED) is 0.677. The maximum atomic E-state index is 12.5. The highest BCUT2D eigenvalue weighted by Crippen LogP contribution is 2.25. The second kappa shape index (κ2) is 6.90. The van der Waals surface area contributed by atoms with Crippen LogP contribution in [0, 0.1) is 6.92 Å². The zero-order valence-electron chi connectivity index (χ0n) is 14.0. The van der Waals surface area contributed by atoms with Crippen molar-refractivity contribution in [3.8, 4) is 5.69 Å². The molecule has 0 aliphatic carbocycles. The van der Waals surface area contributed by atoms with Gasteiger partial charge in [0.15, 0.2) is 0 Å². The molecule has 3 aromatic rings. The van der Waals surface area contributed by atoms with Crippen LogP contribution in [-0.2, 0) is 0 Å². The lowest BCUT2D eigenvalue weighted by molar-refractivity contribution is 0.923. The van der Waals surface area contributed by atoms with Crippen molar-refractivity contribution in [3.05, 3.63) is 85.8 Å². The molecule has 1 aliphatic heterocycles. The van der Waals surface area contributed by atoms with Crippen LogP contribution in [0.15, 0.2) is 80.2 Å². The number of rotatable bonds is 3. The Kier molecular flexibility index (Phi) is 4.44. The first-order chi connectivity index (χ1) is 12.6. The van der Waals surface area contributed by atoms with E-state index in [2.05, 4.69) is 22.8 Å². The van der Waals surface area contributed by atoms with Crippen LogP contribution in [0.25, 0.3) is 11.8 Å². The molecule has 6 heteroatoms. The Morgan fingerprint density at radius 2 is 1.81 bits per heavy atom. The number of hydrogen-bond donors (Lipinski definition) is 1. The molecule has 4 nitrogen and oxygen atoms in total. The molecule has 2 heterocycles. The van der Waals surface area contributed by atoms with Gasteiger partial charge in [0, 0.05) is 11.1 Å². The zero-order valence-corrected chi connectivity index (χ0v) is 15.7. The molecule has 2 aromatic carbocycles. The number of thiazole rings is 1. The average molecular weight is 377 g/mol. The lowest BCUT2D eigenvalue weighted by Gasteiger charge is -2.05. The van der Waals surface area contributed by atoms with E-state index < -0.39 is 0 Å². The molecule has 0 N–H and O–H groups in total. The van der Waals surface area contributed by atoms with E-state index in [0.29, 0.717) is 5.03 Å². The van der Waals surface area contributed by atoms with E-state index in [1.807, 2.05) is 67.6 Å². The molecule has 0 atom stereocenters. The second-order valence-corrected chi connectivity index (χ2v) is 7.30. The predicted molar refractivity (Wildman–Crippen MR) is 111 cm³/mol. The number of benzene rings is 2. The van der Waals surface area contributed by atoms with E-state index in [4.69, 9.17) is 0 Å². The molecule has 1 aromatic heterocycles. The molecule has 0 saturated carbocycles. The van der Waals surface area contributed by atoms with E-state index in [9.17, 15) is 4.79 Å². The monoisotopic (exact) mass is 377 g/mol. The fourth-order valence-corrected chi connectivity index (χ4v) is 4.05. The largest absolute Gasteiger partial charge is 0.313 e. The molecular formula is C20H15N3OS2. The minimum atomic E-state index is -0.0705. The summed E-state index contributed by atoms with van der Waals surface area (Å²) < 4.78 is 1.62. The molecule has 0 saturated heterocycles. The van der Waals surface area contributed by atoms with Crippen LogP contribution < -0.4 is 4.87 Å². The number of hydrogen-bond acceptors (Lipinski definition) is 5. The standard InChI is InChI=1S/C20H15N3OS2/c1-13-7-9-16(10-8-13)23-19(25)17(26-20(23)24)11-15-12-21-22-18(15)14-5-3-2-4-6-14/h2-12,25H,1H3/b15-11+. The molecule has 4 rings (SSSR count). The lowest BCUT2D eigenvalue weighted by atomic mass is 10.0. The number of nitrogens with zero attached hydrogens (tertiary/aromatic N) is 3. The Morgan fingerprint density at radius 3 is 2.54 bits per heavy atom. The maximum Gasteiger partial charge on any atom is 0.313 e. The number of allylic oxidation sites excluding steroid dienone is 1. The van der Waals surface area contributed by atoms with E-state index in [1.165, 1.54) is 0 Å². The van der Waals surface area contributed by atoms with Crippen molar-refractivity contribution in [3.63, 3.8) is 0 Å². The van der Waals surface area contributed by atoms with Gasteiger partial charge in [-0.05, 0) is 25.1 Å². The van der Waals surface area contributed by atoms with Gasteiger partial charge in [-0.15, -0.1) is 17.7 Å². The maximum absolute atomic E-state index is 12.5. The summed E-state index contributed by atoms with van der Waals surface area (Å²) in [6, 6.07) is 17.7. The smallest absolute Gasteiger partial charge is 0.262 e. The Labute approximate surface area is 160 Å². The normalized spacial score (nSPS) is 14.8. The van der Waals surface area contributed by atoms with Gasteiger partial charge in [0.2, 0.25) is 0 Å². The van der Waals surface area contributed by atoms with Crippen LogP contribution in [0.1, 0.15) is 16.0 Å². The Hall–Kier alpha value is -2.70. The van der Waals surface area contributed by atoms with Crippen molar-refractivity contribution in [1.82, 2.24) is 4.57 Å². The van der Waals surface area contributed by atoms with Gasteiger partial charge in [0.1, 0.15) is 5.71 Å². The molecule has 0 amide bonds. The summed E-state index contributed by atoms with van der Waals surface area (Å²) in [6.45, 7) is 2.02. The summed E-state index contributed by atoms with van der Waals surface area (Å²) in [7, 11) is 0. The van der Waals surface area contributed by atoms with Crippen LogP contribution in [0.4, 0.5) is 0 Å². The van der Waals surface area contributed by atoms with Crippen molar-refractivity contribution in [1.29, 1.82) is 0 Å². The van der Waals surface area contributed by atoms with Crippen LogP contribution in [-0.4, -0.2) is 16.5 Å². The SMILES string of the molecule is Cc1ccc(-n2c(S)c(/C=C3\C=NN=C3c3ccccc3)sc2=O)cc1. The summed E-state index contributed by atoms with van der Waals surface area (Å²) in [5.41, 5.74) is 4.60. The van der Waals surface area contributed by atoms with Gasteiger partial charge in [-0.1, -0.05) is 59.4 Å². The van der Waals surface area contributed by atoms with Crippen molar-refractivity contribution in [2.45, 2.75) is 11.9 Å². The number of aromatic nitrogens is 1. The molecule has 128 valence electrons. The van der Waals surface area contributed by atoms with Crippen LogP contribution in [0.2, 0.25) is 0 Å². The first-order valence-electron chi connectivity index (χ1n) is 8.04. The summed E-state index contributed by atoms with van der Waals surface area (Å²) >= 11 is 5.77. The van der Waals surface area contributed by atoms with Gasteiger partial charge >= 0.3 is 4.87 Å². The van der Waals surface area contributed by atoms with Crippen molar-refractivity contribution in [2.75, 3.05) is 0 Å². The fourth-order valence-electron chi connectivity index (χ4n) is 2.73. The average Bonchev–Trinajstić information content (AvgIpc) is 3.22. The Balaban J connectivity index is 1.76. The third-order valence-electron chi connectivity index (χ3n) is 4.07. The minimum Gasteiger partial charge on any atom is -0.262 e. The summed E-state index contributed by atoms with van der Waals surface area (Å²) in [6.07, 6.45) is 3.62. The van der Waals surface area contributed by atoms with Crippen LogP contribution in [0.5, 0.6) is 0 Å². The van der Waals surface area contributed by atoms with Gasteiger partial charge < -0.3 is 0 Å². The fraction of sp³-hybridized carbons (Fsp3) is 0.0500. The van der Waals surface area contributed by atoms with Crippen LogP contribution >= 0.6 is 24.0 Å². The molecule has 26 heavy (non-hydrogen) atoms. The van der Waals surface area contributed by atoms with Crippen molar-refractivity contribution < 1.29 is 0 Å². The Bertz CT molecular complexity index is 1100. The lowest BCUT2D eigenvalue weighted by Crippen LogP contribution is -2.10. The van der Waals surface area contributed by atoms with Gasteiger partial charge in [0.25, 0.3) is 0 Å². The topological polar surface area (TPSA) is 46.7 Å². The van der Waals surface area contributed by atoms with E-state index in [0.717, 1.165) is 44.3 Å². The van der Waals surface area contributed by atoms with E-state index in [-0.39, 0.29) is 4.87 Å². The molecule has 0 bridgehead atoms. The molecule has 0 unspecified atom stereocenters. The van der Waals surface area contributed by atoms with Crippen molar-refractivity contribution >= 4 is 42.0 Å². The predicted octanol–water partition coefficient (Wildman–Crippen LogP) is 4.37. The van der Waals surface area contributed by atoms with Crippen LogP contribution in [0.3, 0.4) is 0 Å². The third kappa shape index (κ3) is 3.09. The van der Waals surface area contributed by atoms with E-state index >= 15 is 0 Å². The van der Waals surface area contributed by atoms with Crippen molar-refractivity contribution in [2.24, 2.45) is 10.2 Å². The molecule has 1 aliphatic rings. The first-order valence-corrected chi connectivity index (χ1v) is 9.30. The van der Waals surface area contributed by atoms with Gasteiger partial charge in [-0.2, -0.15) is 5.10 Å². The van der Waals surface area contributed by atoms with Gasteiger partial charge in [-0.3, -0.25) is 9.36 Å². The molecule has 0 spiro atoms. The second-order valence-electron chi connectivity index (χ2n) is 5.89. The highest BCUT2D eigenvalue weighted by atomic mass is 32.1. The Morgan fingerprint density at radius 1 is 1.08 bits per heavy atom. The first kappa shape index (κ1) is 16.8. The highest BCUT2D eigenvalue weighted by Gasteiger charge is 2.17. The highest BCUT2D eigenvalue weighted by molar-refractivity contribution is 7.80. The molecular weight excluding hydrogens is 362 g/mol. The molecule has 0 radical (unpaired) electrons. The third-order valence-corrected chi connectivity index (χ3v) is 5.55. The zero-order chi connectivity index (χ0) is 18.1. The van der Waals surface area contributed by atoms with Gasteiger partial charge in [0.05, 0.1) is 21.8 Å². The number of thiol groups is 1. The summed E-state index contributed by atoms with van der Waals surface area (Å²) in [4.78, 5) is 13.2. The number of aryl methyl sites for hydroxylation is 1.